The number of rotatable bonds is 7. The first-order valence-corrected chi connectivity index (χ1v) is 9.45. The predicted octanol–water partition coefficient (Wildman–Crippen LogP) is 3.15. The number of nitrogens with one attached hydrogen (secondary N) is 1. The smallest absolute Gasteiger partial charge is 0.251 e. The number of carbonyl (C=O) groups is 1. The van der Waals surface area contributed by atoms with Crippen molar-refractivity contribution < 1.29 is 14.3 Å². The molecular formula is C22H23N3O3. The van der Waals surface area contributed by atoms with E-state index in [1.807, 2.05) is 59.3 Å². The Kier molecular flexibility index (Phi) is 5.68. The summed E-state index contributed by atoms with van der Waals surface area (Å²) in [5.41, 5.74) is 2.80. The third kappa shape index (κ3) is 4.58. The van der Waals surface area contributed by atoms with Crippen molar-refractivity contribution in [1.82, 2.24) is 14.9 Å². The number of imidazole rings is 1. The largest absolute Gasteiger partial charge is 0.492 e. The standard InChI is InChI=1S/C22H23N3O3/c26-22(24-20-9-13-27-15-20)19-3-1-17(2-4-19)18-5-7-21(8-6-18)28-14-12-25-11-10-23-16-25/h1-8,10-11,16,20H,9,12-15H2,(H,24,26)/t20-/m0/s1. The van der Waals surface area contributed by atoms with E-state index in [0.29, 0.717) is 25.4 Å². The van der Waals surface area contributed by atoms with Crippen LogP contribution in [-0.4, -0.2) is 41.3 Å². The summed E-state index contributed by atoms with van der Waals surface area (Å²) >= 11 is 0. The van der Waals surface area contributed by atoms with E-state index in [0.717, 1.165) is 29.8 Å². The van der Waals surface area contributed by atoms with Crippen LogP contribution in [0.2, 0.25) is 0 Å². The first-order valence-electron chi connectivity index (χ1n) is 9.45. The zero-order valence-corrected chi connectivity index (χ0v) is 15.6. The van der Waals surface area contributed by atoms with E-state index >= 15 is 0 Å². The molecule has 1 aliphatic heterocycles. The first-order chi connectivity index (χ1) is 13.8. The van der Waals surface area contributed by atoms with E-state index in [1.54, 1.807) is 12.5 Å². The highest BCUT2D eigenvalue weighted by atomic mass is 16.5. The molecule has 6 nitrogen and oxygen atoms in total. The summed E-state index contributed by atoms with van der Waals surface area (Å²) in [6.07, 6.45) is 6.32. The molecular weight excluding hydrogens is 354 g/mol. The molecule has 1 amide bonds. The van der Waals surface area contributed by atoms with Gasteiger partial charge in [-0.05, 0) is 41.8 Å². The molecule has 4 rings (SSSR count). The summed E-state index contributed by atoms with van der Waals surface area (Å²) in [5, 5.41) is 3.01. The van der Waals surface area contributed by atoms with Gasteiger partial charge in [-0.3, -0.25) is 4.79 Å². The van der Waals surface area contributed by atoms with E-state index in [-0.39, 0.29) is 11.9 Å². The number of hydrogen-bond donors (Lipinski definition) is 1. The highest BCUT2D eigenvalue weighted by Crippen LogP contribution is 2.23. The minimum Gasteiger partial charge on any atom is -0.492 e. The van der Waals surface area contributed by atoms with Crippen molar-refractivity contribution in [1.29, 1.82) is 0 Å². The van der Waals surface area contributed by atoms with Gasteiger partial charge in [0.05, 0.1) is 25.5 Å². The van der Waals surface area contributed by atoms with Crippen molar-refractivity contribution in [2.24, 2.45) is 0 Å². The summed E-state index contributed by atoms with van der Waals surface area (Å²) < 4.78 is 13.0. The molecule has 28 heavy (non-hydrogen) atoms. The lowest BCUT2D eigenvalue weighted by molar-refractivity contribution is 0.0930. The topological polar surface area (TPSA) is 65.4 Å². The van der Waals surface area contributed by atoms with Crippen LogP contribution in [0.15, 0.2) is 67.3 Å². The fraction of sp³-hybridized carbons (Fsp3) is 0.273. The number of aromatic nitrogens is 2. The number of hydrogen-bond acceptors (Lipinski definition) is 4. The lowest BCUT2D eigenvalue weighted by Crippen LogP contribution is -2.34. The maximum absolute atomic E-state index is 12.3. The molecule has 0 bridgehead atoms. The Morgan fingerprint density at radius 1 is 1.14 bits per heavy atom. The van der Waals surface area contributed by atoms with E-state index in [2.05, 4.69) is 10.3 Å². The summed E-state index contributed by atoms with van der Waals surface area (Å²) in [4.78, 5) is 16.3. The van der Waals surface area contributed by atoms with Gasteiger partial charge in [-0.2, -0.15) is 0 Å². The molecule has 2 aromatic carbocycles. The Morgan fingerprint density at radius 2 is 1.89 bits per heavy atom. The van der Waals surface area contributed by atoms with E-state index in [4.69, 9.17) is 9.47 Å². The Bertz CT molecular complexity index is 884. The van der Waals surface area contributed by atoms with E-state index in [9.17, 15) is 4.79 Å². The average molecular weight is 377 g/mol. The van der Waals surface area contributed by atoms with Gasteiger partial charge in [0.25, 0.3) is 5.91 Å². The van der Waals surface area contributed by atoms with Crippen molar-refractivity contribution >= 4 is 5.91 Å². The molecule has 0 unspecified atom stereocenters. The molecule has 0 radical (unpaired) electrons. The van der Waals surface area contributed by atoms with Gasteiger partial charge in [0.15, 0.2) is 0 Å². The van der Waals surface area contributed by atoms with Crippen LogP contribution in [0.5, 0.6) is 5.75 Å². The molecule has 6 heteroatoms. The molecule has 1 N–H and O–H groups in total. The fourth-order valence-corrected chi connectivity index (χ4v) is 3.16. The third-order valence-corrected chi connectivity index (χ3v) is 4.78. The molecule has 0 aliphatic carbocycles. The van der Waals surface area contributed by atoms with Gasteiger partial charge in [-0.15, -0.1) is 0 Å². The lowest BCUT2D eigenvalue weighted by Gasteiger charge is -2.11. The van der Waals surface area contributed by atoms with Crippen LogP contribution in [0.3, 0.4) is 0 Å². The molecule has 2 heterocycles. The zero-order valence-electron chi connectivity index (χ0n) is 15.6. The second kappa shape index (κ2) is 8.71. The molecule has 144 valence electrons. The molecule has 1 saturated heterocycles. The van der Waals surface area contributed by atoms with Gasteiger partial charge in [-0.25, -0.2) is 4.98 Å². The number of amides is 1. The maximum atomic E-state index is 12.3. The van der Waals surface area contributed by atoms with Gasteiger partial charge in [0, 0.05) is 24.6 Å². The van der Waals surface area contributed by atoms with Crippen molar-refractivity contribution in [3.05, 3.63) is 72.8 Å². The van der Waals surface area contributed by atoms with Gasteiger partial charge in [0.2, 0.25) is 0 Å². The Balaban J connectivity index is 1.32. The van der Waals surface area contributed by atoms with Crippen molar-refractivity contribution in [2.75, 3.05) is 19.8 Å². The van der Waals surface area contributed by atoms with Crippen LogP contribution < -0.4 is 10.1 Å². The monoisotopic (exact) mass is 377 g/mol. The summed E-state index contributed by atoms with van der Waals surface area (Å²) in [6.45, 7) is 2.66. The summed E-state index contributed by atoms with van der Waals surface area (Å²) in [6, 6.07) is 15.7. The summed E-state index contributed by atoms with van der Waals surface area (Å²) in [5.74, 6) is 0.780. The molecule has 3 aromatic rings. The van der Waals surface area contributed by atoms with E-state index < -0.39 is 0 Å². The summed E-state index contributed by atoms with van der Waals surface area (Å²) in [7, 11) is 0. The van der Waals surface area contributed by atoms with Gasteiger partial charge >= 0.3 is 0 Å². The number of ether oxygens (including phenoxy) is 2. The van der Waals surface area contributed by atoms with Crippen LogP contribution in [0.4, 0.5) is 0 Å². The number of benzene rings is 2. The zero-order chi connectivity index (χ0) is 19.2. The van der Waals surface area contributed by atoms with Gasteiger partial charge in [-0.1, -0.05) is 24.3 Å². The van der Waals surface area contributed by atoms with Gasteiger partial charge in [0.1, 0.15) is 12.4 Å². The second-order valence-electron chi connectivity index (χ2n) is 6.78. The third-order valence-electron chi connectivity index (χ3n) is 4.78. The molecule has 1 aromatic heterocycles. The minimum atomic E-state index is -0.0521. The quantitative estimate of drug-likeness (QED) is 0.687. The molecule has 1 aliphatic rings. The van der Waals surface area contributed by atoms with Crippen LogP contribution in [0.1, 0.15) is 16.8 Å². The Hall–Kier alpha value is -3.12. The number of carbonyl (C=O) groups excluding carboxylic acids is 1. The highest BCUT2D eigenvalue weighted by molar-refractivity contribution is 5.94. The second-order valence-corrected chi connectivity index (χ2v) is 6.78. The van der Waals surface area contributed by atoms with Gasteiger partial charge < -0.3 is 19.4 Å². The molecule has 1 atom stereocenters. The number of nitrogens with zero attached hydrogens (tertiary/aromatic N) is 2. The van der Waals surface area contributed by atoms with Crippen LogP contribution in [0.25, 0.3) is 11.1 Å². The SMILES string of the molecule is O=C(N[C@H]1CCOC1)c1ccc(-c2ccc(OCCn3ccnc3)cc2)cc1. The van der Waals surface area contributed by atoms with Crippen LogP contribution in [0, 0.1) is 0 Å². The molecule has 0 spiro atoms. The van der Waals surface area contributed by atoms with Crippen molar-refractivity contribution in [3.63, 3.8) is 0 Å². The maximum Gasteiger partial charge on any atom is 0.251 e. The lowest BCUT2D eigenvalue weighted by atomic mass is 10.0. The molecule has 0 saturated carbocycles. The fourth-order valence-electron chi connectivity index (χ4n) is 3.16. The highest BCUT2D eigenvalue weighted by Gasteiger charge is 2.18. The van der Waals surface area contributed by atoms with Crippen LogP contribution >= 0.6 is 0 Å². The van der Waals surface area contributed by atoms with E-state index in [1.165, 1.54) is 0 Å². The first kappa shape index (κ1) is 18.3. The minimum absolute atomic E-state index is 0.0521. The average Bonchev–Trinajstić information content (AvgIpc) is 3.43. The Morgan fingerprint density at radius 3 is 2.54 bits per heavy atom. The van der Waals surface area contributed by atoms with Crippen molar-refractivity contribution in [3.8, 4) is 16.9 Å². The normalized spacial score (nSPS) is 16.1. The molecule has 1 fully saturated rings. The van der Waals surface area contributed by atoms with Crippen LogP contribution in [-0.2, 0) is 11.3 Å². The predicted molar refractivity (Wildman–Crippen MR) is 106 cm³/mol. The van der Waals surface area contributed by atoms with Crippen molar-refractivity contribution in [2.45, 2.75) is 19.0 Å². The Labute approximate surface area is 164 Å².